The number of thiophene rings is 1. The maximum atomic E-state index is 12.8. The lowest BCUT2D eigenvalue weighted by Gasteiger charge is -2.11. The number of fused-ring (bicyclic) bond motifs is 1. The second-order valence-electron chi connectivity index (χ2n) is 7.64. The predicted octanol–water partition coefficient (Wildman–Crippen LogP) is 2.78. The SMILES string of the molecule is COc1ccc(CNC(=O)c2sc3ncnc(NC[C@@H]4CCS(=O)(=O)C4)c3c2C)cc1. The van der Waals surface area contributed by atoms with Crippen LogP contribution in [0.25, 0.3) is 10.2 Å². The van der Waals surface area contributed by atoms with Gasteiger partial charge in [0.15, 0.2) is 9.84 Å². The van der Waals surface area contributed by atoms with Gasteiger partial charge in [-0.25, -0.2) is 18.4 Å². The molecule has 3 aromatic rings. The van der Waals surface area contributed by atoms with Gasteiger partial charge in [0.1, 0.15) is 22.7 Å². The summed E-state index contributed by atoms with van der Waals surface area (Å²) in [6.45, 7) is 2.82. The van der Waals surface area contributed by atoms with E-state index in [4.69, 9.17) is 4.74 Å². The van der Waals surface area contributed by atoms with Gasteiger partial charge < -0.3 is 15.4 Å². The summed E-state index contributed by atoms with van der Waals surface area (Å²) in [4.78, 5) is 22.8. The van der Waals surface area contributed by atoms with Crippen LogP contribution < -0.4 is 15.4 Å². The minimum atomic E-state index is -2.92. The van der Waals surface area contributed by atoms with Crippen LogP contribution in [0.5, 0.6) is 5.75 Å². The number of rotatable bonds is 7. The molecule has 0 bridgehead atoms. The van der Waals surface area contributed by atoms with Crippen molar-refractivity contribution >= 4 is 43.1 Å². The second kappa shape index (κ2) is 8.80. The number of sulfone groups is 1. The van der Waals surface area contributed by atoms with E-state index in [2.05, 4.69) is 20.6 Å². The largest absolute Gasteiger partial charge is 0.497 e. The highest BCUT2D eigenvalue weighted by atomic mass is 32.2. The first kappa shape index (κ1) is 21.5. The molecule has 0 radical (unpaired) electrons. The van der Waals surface area contributed by atoms with Gasteiger partial charge in [0, 0.05) is 13.1 Å². The number of amides is 1. The lowest BCUT2D eigenvalue weighted by molar-refractivity contribution is 0.0954. The molecule has 1 aliphatic heterocycles. The molecule has 8 nitrogen and oxygen atoms in total. The molecule has 0 aliphatic carbocycles. The lowest BCUT2D eigenvalue weighted by atomic mass is 10.1. The Balaban J connectivity index is 1.47. The number of carbonyl (C=O) groups excluding carboxylic acids is 1. The molecule has 1 fully saturated rings. The Hall–Kier alpha value is -2.72. The summed E-state index contributed by atoms with van der Waals surface area (Å²) < 4.78 is 28.5. The minimum absolute atomic E-state index is 0.0706. The lowest BCUT2D eigenvalue weighted by Crippen LogP contribution is -2.22. The third kappa shape index (κ3) is 4.80. The molecule has 1 aromatic carbocycles. The molecule has 31 heavy (non-hydrogen) atoms. The van der Waals surface area contributed by atoms with Gasteiger partial charge in [-0.3, -0.25) is 4.79 Å². The highest BCUT2D eigenvalue weighted by Gasteiger charge is 2.28. The van der Waals surface area contributed by atoms with Gasteiger partial charge in [-0.2, -0.15) is 0 Å². The Morgan fingerprint density at radius 3 is 2.71 bits per heavy atom. The van der Waals surface area contributed by atoms with Crippen LogP contribution in [0.1, 0.15) is 27.2 Å². The van der Waals surface area contributed by atoms with E-state index >= 15 is 0 Å². The van der Waals surface area contributed by atoms with Crippen LogP contribution in [0.15, 0.2) is 30.6 Å². The van der Waals surface area contributed by atoms with E-state index in [-0.39, 0.29) is 23.3 Å². The number of aryl methyl sites for hydroxylation is 1. The molecule has 0 saturated carbocycles. The summed E-state index contributed by atoms with van der Waals surface area (Å²) >= 11 is 1.33. The molecule has 1 atom stereocenters. The number of carbonyl (C=O) groups is 1. The van der Waals surface area contributed by atoms with E-state index in [9.17, 15) is 13.2 Å². The molecule has 164 valence electrons. The molecule has 3 heterocycles. The average molecular weight is 461 g/mol. The van der Waals surface area contributed by atoms with Gasteiger partial charge in [0.05, 0.1) is 28.9 Å². The van der Waals surface area contributed by atoms with E-state index in [1.165, 1.54) is 17.7 Å². The fourth-order valence-electron chi connectivity index (χ4n) is 3.70. The monoisotopic (exact) mass is 460 g/mol. The standard InChI is InChI=1S/C21H24N4O4S2/c1-13-17-19(22-10-15-7-8-31(27,28)11-15)24-12-25-21(17)30-18(13)20(26)23-9-14-3-5-16(29-2)6-4-14/h3-6,12,15H,7-11H2,1-2H3,(H,23,26)(H,22,24,25)/t15-/m0/s1. The van der Waals surface area contributed by atoms with Crippen LogP contribution in [0, 0.1) is 12.8 Å². The zero-order chi connectivity index (χ0) is 22.0. The number of benzene rings is 1. The van der Waals surface area contributed by atoms with Gasteiger partial charge in [0.2, 0.25) is 0 Å². The maximum Gasteiger partial charge on any atom is 0.261 e. The van der Waals surface area contributed by atoms with E-state index in [0.717, 1.165) is 27.1 Å². The summed E-state index contributed by atoms with van der Waals surface area (Å²) in [5.74, 6) is 1.76. The minimum Gasteiger partial charge on any atom is -0.497 e. The van der Waals surface area contributed by atoms with Crippen molar-refractivity contribution in [2.45, 2.75) is 19.9 Å². The summed E-state index contributed by atoms with van der Waals surface area (Å²) in [5, 5.41) is 7.04. The number of methoxy groups -OCH3 is 1. The van der Waals surface area contributed by atoms with Crippen molar-refractivity contribution in [1.82, 2.24) is 15.3 Å². The van der Waals surface area contributed by atoms with Crippen molar-refractivity contribution in [2.24, 2.45) is 5.92 Å². The number of nitrogens with one attached hydrogen (secondary N) is 2. The molecule has 2 aromatic heterocycles. The number of ether oxygens (including phenoxy) is 1. The Morgan fingerprint density at radius 1 is 1.26 bits per heavy atom. The first-order valence-corrected chi connectivity index (χ1v) is 12.6. The predicted molar refractivity (Wildman–Crippen MR) is 122 cm³/mol. The molecule has 0 unspecified atom stereocenters. The zero-order valence-electron chi connectivity index (χ0n) is 17.3. The Labute approximate surface area is 185 Å². The number of hydrogen-bond acceptors (Lipinski definition) is 8. The molecule has 2 N–H and O–H groups in total. The third-order valence-electron chi connectivity index (χ3n) is 5.43. The summed E-state index contributed by atoms with van der Waals surface area (Å²) in [5.41, 5.74) is 1.79. The van der Waals surface area contributed by atoms with Crippen molar-refractivity contribution in [3.05, 3.63) is 46.6 Å². The van der Waals surface area contributed by atoms with E-state index in [0.29, 0.717) is 30.2 Å². The highest BCUT2D eigenvalue weighted by Crippen LogP contribution is 2.33. The van der Waals surface area contributed by atoms with E-state index in [1.807, 2.05) is 31.2 Å². The number of anilines is 1. The van der Waals surface area contributed by atoms with Crippen molar-refractivity contribution in [3.63, 3.8) is 0 Å². The molecule has 0 spiro atoms. The smallest absolute Gasteiger partial charge is 0.261 e. The van der Waals surface area contributed by atoms with Crippen molar-refractivity contribution < 1.29 is 17.9 Å². The molecule has 4 rings (SSSR count). The van der Waals surface area contributed by atoms with Crippen molar-refractivity contribution in [3.8, 4) is 5.75 Å². The second-order valence-corrected chi connectivity index (χ2v) is 10.9. The van der Waals surface area contributed by atoms with Crippen LogP contribution in [0.3, 0.4) is 0 Å². The number of aromatic nitrogens is 2. The molecule has 10 heteroatoms. The van der Waals surface area contributed by atoms with Gasteiger partial charge in [-0.15, -0.1) is 11.3 Å². The zero-order valence-corrected chi connectivity index (χ0v) is 19.0. The number of hydrogen-bond donors (Lipinski definition) is 2. The Morgan fingerprint density at radius 2 is 2.03 bits per heavy atom. The Kier molecular flexibility index (Phi) is 6.10. The molecule has 1 saturated heterocycles. The summed E-state index contributed by atoms with van der Waals surface area (Å²) in [6, 6.07) is 7.53. The fraction of sp³-hybridized carbons (Fsp3) is 0.381. The quantitative estimate of drug-likeness (QED) is 0.558. The van der Waals surface area contributed by atoms with Crippen LogP contribution >= 0.6 is 11.3 Å². The number of nitrogens with zero attached hydrogens (tertiary/aromatic N) is 2. The van der Waals surface area contributed by atoms with Crippen LogP contribution in [0.4, 0.5) is 5.82 Å². The van der Waals surface area contributed by atoms with Crippen molar-refractivity contribution in [2.75, 3.05) is 30.5 Å². The normalized spacial score (nSPS) is 17.5. The van der Waals surface area contributed by atoms with Crippen LogP contribution in [-0.2, 0) is 16.4 Å². The highest BCUT2D eigenvalue weighted by molar-refractivity contribution is 7.91. The first-order chi connectivity index (χ1) is 14.9. The topological polar surface area (TPSA) is 110 Å². The Bertz CT molecular complexity index is 1210. The summed E-state index contributed by atoms with van der Waals surface area (Å²) in [6.07, 6.45) is 2.12. The van der Waals surface area contributed by atoms with E-state index in [1.54, 1.807) is 7.11 Å². The maximum absolute atomic E-state index is 12.8. The molecular weight excluding hydrogens is 436 g/mol. The van der Waals surface area contributed by atoms with Gasteiger partial charge in [-0.1, -0.05) is 12.1 Å². The molecule has 1 amide bonds. The van der Waals surface area contributed by atoms with E-state index < -0.39 is 9.84 Å². The first-order valence-electron chi connectivity index (χ1n) is 9.96. The average Bonchev–Trinajstić information content (AvgIpc) is 3.30. The molecule has 1 aliphatic rings. The van der Waals surface area contributed by atoms with Crippen molar-refractivity contribution in [1.29, 1.82) is 0 Å². The van der Waals surface area contributed by atoms with Crippen LogP contribution in [0.2, 0.25) is 0 Å². The van der Waals surface area contributed by atoms with Crippen LogP contribution in [-0.4, -0.2) is 49.5 Å². The van der Waals surface area contributed by atoms with Gasteiger partial charge >= 0.3 is 0 Å². The summed E-state index contributed by atoms with van der Waals surface area (Å²) in [7, 11) is -1.31. The third-order valence-corrected chi connectivity index (χ3v) is 8.47. The van der Waals surface area contributed by atoms with Gasteiger partial charge in [0.25, 0.3) is 5.91 Å². The fourth-order valence-corrected chi connectivity index (χ4v) is 6.63. The van der Waals surface area contributed by atoms with Gasteiger partial charge in [-0.05, 0) is 42.5 Å². The molecular formula is C21H24N4O4S2.